The van der Waals surface area contributed by atoms with E-state index in [9.17, 15) is 4.79 Å². The van der Waals surface area contributed by atoms with E-state index in [-0.39, 0.29) is 18.4 Å². The van der Waals surface area contributed by atoms with Gasteiger partial charge in [-0.25, -0.2) is 9.48 Å². The molecule has 3 rings (SSSR count). The van der Waals surface area contributed by atoms with Crippen LogP contribution in [-0.4, -0.2) is 42.2 Å². The molecule has 0 aliphatic carbocycles. The molecule has 0 bridgehead atoms. The minimum Gasteiger partial charge on any atom is -0.493 e. The van der Waals surface area contributed by atoms with E-state index in [0.29, 0.717) is 5.75 Å². The summed E-state index contributed by atoms with van der Waals surface area (Å²) in [7, 11) is 1.50. The second-order valence-corrected chi connectivity index (χ2v) is 5.06. The second kappa shape index (κ2) is 6.62. The number of hydrogen-bond donors (Lipinski definition) is 0. The van der Waals surface area contributed by atoms with Crippen molar-refractivity contribution in [2.45, 2.75) is 18.9 Å². The lowest BCUT2D eigenvalue weighted by atomic mass is 10.2. The summed E-state index contributed by atoms with van der Waals surface area (Å²) in [6.45, 7) is 0.981. The van der Waals surface area contributed by atoms with E-state index in [1.807, 2.05) is 30.3 Å². The second-order valence-electron chi connectivity index (χ2n) is 5.06. The summed E-state index contributed by atoms with van der Waals surface area (Å²) >= 11 is 0. The third-order valence-electron chi connectivity index (χ3n) is 3.54. The highest BCUT2D eigenvalue weighted by molar-refractivity contribution is 5.90. The van der Waals surface area contributed by atoms with Gasteiger partial charge < -0.3 is 14.2 Å². The normalized spacial score (nSPS) is 17.4. The molecule has 0 radical (unpaired) electrons. The summed E-state index contributed by atoms with van der Waals surface area (Å²) in [4.78, 5) is 12.2. The zero-order chi connectivity index (χ0) is 15.4. The van der Waals surface area contributed by atoms with Crippen molar-refractivity contribution in [3.63, 3.8) is 0 Å². The summed E-state index contributed by atoms with van der Waals surface area (Å²) in [5.41, 5.74) is 1.02. The molecule has 116 valence electrons. The number of esters is 1. The highest BCUT2D eigenvalue weighted by atomic mass is 16.6. The van der Waals surface area contributed by atoms with Crippen LogP contribution in [0.4, 0.5) is 0 Å². The molecule has 1 fully saturated rings. The van der Waals surface area contributed by atoms with Crippen molar-refractivity contribution in [2.24, 2.45) is 0 Å². The van der Waals surface area contributed by atoms with Gasteiger partial charge in [0, 0.05) is 6.61 Å². The maximum Gasteiger partial charge on any atom is 0.362 e. The Labute approximate surface area is 128 Å². The first kappa shape index (κ1) is 14.6. The SMILES string of the molecule is COc1cn(-c2ccccc2)nc1C(=O)OC[C@H]1CCCO1. The highest BCUT2D eigenvalue weighted by Gasteiger charge is 2.23. The summed E-state index contributed by atoms with van der Waals surface area (Å²) in [6, 6.07) is 9.51. The molecule has 6 heteroatoms. The summed E-state index contributed by atoms with van der Waals surface area (Å²) < 4.78 is 17.5. The van der Waals surface area contributed by atoms with Crippen molar-refractivity contribution in [2.75, 3.05) is 20.3 Å². The molecule has 1 aromatic heterocycles. The number of nitrogens with zero attached hydrogens (tertiary/aromatic N) is 2. The Morgan fingerprint density at radius 2 is 2.23 bits per heavy atom. The Hall–Kier alpha value is -2.34. The average Bonchev–Trinajstić information content (AvgIpc) is 3.22. The molecule has 0 N–H and O–H groups in total. The van der Waals surface area contributed by atoms with Crippen LogP contribution < -0.4 is 4.74 Å². The van der Waals surface area contributed by atoms with E-state index in [4.69, 9.17) is 14.2 Å². The molecule has 1 atom stereocenters. The number of carbonyl (C=O) groups is 1. The predicted octanol–water partition coefficient (Wildman–Crippen LogP) is 2.22. The van der Waals surface area contributed by atoms with Crippen molar-refractivity contribution in [1.29, 1.82) is 0 Å². The molecule has 1 aromatic carbocycles. The topological polar surface area (TPSA) is 62.6 Å². The van der Waals surface area contributed by atoms with Crippen LogP contribution in [-0.2, 0) is 9.47 Å². The van der Waals surface area contributed by atoms with Gasteiger partial charge in [-0.1, -0.05) is 18.2 Å². The van der Waals surface area contributed by atoms with Crippen LogP contribution >= 0.6 is 0 Å². The van der Waals surface area contributed by atoms with Crippen molar-refractivity contribution < 1.29 is 19.0 Å². The van der Waals surface area contributed by atoms with Crippen LogP contribution in [0.15, 0.2) is 36.5 Å². The molecular formula is C16H18N2O4. The minimum atomic E-state index is -0.498. The van der Waals surface area contributed by atoms with Crippen molar-refractivity contribution in [1.82, 2.24) is 9.78 Å². The Morgan fingerprint density at radius 3 is 2.91 bits per heavy atom. The predicted molar refractivity (Wildman–Crippen MR) is 79.4 cm³/mol. The van der Waals surface area contributed by atoms with Crippen LogP contribution in [0, 0.1) is 0 Å². The smallest absolute Gasteiger partial charge is 0.362 e. The first-order valence-electron chi connectivity index (χ1n) is 7.25. The first-order chi connectivity index (χ1) is 10.8. The molecule has 1 aliphatic rings. The summed E-state index contributed by atoms with van der Waals surface area (Å²) in [5.74, 6) is -0.108. The quantitative estimate of drug-likeness (QED) is 0.792. The van der Waals surface area contributed by atoms with Crippen LogP contribution in [0.25, 0.3) is 5.69 Å². The van der Waals surface area contributed by atoms with Gasteiger partial charge in [-0.2, -0.15) is 5.10 Å². The van der Waals surface area contributed by atoms with E-state index in [1.165, 1.54) is 7.11 Å². The van der Waals surface area contributed by atoms with Gasteiger partial charge >= 0.3 is 5.97 Å². The average molecular weight is 302 g/mol. The molecule has 22 heavy (non-hydrogen) atoms. The van der Waals surface area contributed by atoms with Gasteiger partial charge in [0.25, 0.3) is 0 Å². The monoisotopic (exact) mass is 302 g/mol. The molecule has 1 saturated heterocycles. The Balaban J connectivity index is 1.74. The number of hydrogen-bond acceptors (Lipinski definition) is 5. The fraction of sp³-hybridized carbons (Fsp3) is 0.375. The number of methoxy groups -OCH3 is 1. The van der Waals surface area contributed by atoms with Crippen LogP contribution in [0.2, 0.25) is 0 Å². The van der Waals surface area contributed by atoms with Crippen molar-refractivity contribution in [3.8, 4) is 11.4 Å². The van der Waals surface area contributed by atoms with Gasteiger partial charge in [0.1, 0.15) is 6.61 Å². The molecule has 1 aliphatic heterocycles. The largest absolute Gasteiger partial charge is 0.493 e. The molecule has 0 spiro atoms. The number of rotatable bonds is 5. The van der Waals surface area contributed by atoms with Crippen LogP contribution in [0.3, 0.4) is 0 Å². The van der Waals surface area contributed by atoms with E-state index >= 15 is 0 Å². The zero-order valence-corrected chi connectivity index (χ0v) is 12.4. The van der Waals surface area contributed by atoms with Gasteiger partial charge in [0.05, 0.1) is 25.1 Å². The number of ether oxygens (including phenoxy) is 3. The third-order valence-corrected chi connectivity index (χ3v) is 3.54. The Kier molecular flexibility index (Phi) is 4.39. The first-order valence-corrected chi connectivity index (χ1v) is 7.25. The maximum atomic E-state index is 12.2. The van der Waals surface area contributed by atoms with E-state index < -0.39 is 5.97 Å². The molecule has 0 saturated carbocycles. The number of para-hydroxylation sites is 1. The lowest BCUT2D eigenvalue weighted by molar-refractivity contribution is 0.0153. The summed E-state index contributed by atoms with van der Waals surface area (Å²) in [6.07, 6.45) is 3.58. The summed E-state index contributed by atoms with van der Waals surface area (Å²) in [5, 5.41) is 4.27. The van der Waals surface area contributed by atoms with Crippen molar-refractivity contribution >= 4 is 5.97 Å². The minimum absolute atomic E-state index is 0.00819. The van der Waals surface area contributed by atoms with E-state index in [2.05, 4.69) is 5.10 Å². The van der Waals surface area contributed by atoms with Crippen LogP contribution in [0.5, 0.6) is 5.75 Å². The fourth-order valence-corrected chi connectivity index (χ4v) is 2.37. The Morgan fingerprint density at radius 1 is 1.41 bits per heavy atom. The van der Waals surface area contributed by atoms with Gasteiger partial charge in [-0.05, 0) is 25.0 Å². The molecule has 0 unspecified atom stereocenters. The molecular weight excluding hydrogens is 284 g/mol. The van der Waals surface area contributed by atoms with E-state index in [0.717, 1.165) is 25.1 Å². The standard InChI is InChI=1S/C16H18N2O4/c1-20-14-10-18(12-6-3-2-4-7-12)17-15(14)16(19)22-11-13-8-5-9-21-13/h2-4,6-7,10,13H,5,8-9,11H2,1H3/t13-/m1/s1. The third kappa shape index (κ3) is 3.12. The van der Waals surface area contributed by atoms with Gasteiger partial charge in [-0.3, -0.25) is 0 Å². The number of carbonyl (C=O) groups excluding carboxylic acids is 1. The van der Waals surface area contributed by atoms with Gasteiger partial charge in [-0.15, -0.1) is 0 Å². The lowest BCUT2D eigenvalue weighted by Gasteiger charge is -2.09. The molecule has 2 aromatic rings. The molecule has 6 nitrogen and oxygen atoms in total. The fourth-order valence-electron chi connectivity index (χ4n) is 2.37. The number of aromatic nitrogens is 2. The van der Waals surface area contributed by atoms with Crippen LogP contribution in [0.1, 0.15) is 23.3 Å². The lowest BCUT2D eigenvalue weighted by Crippen LogP contribution is -2.18. The highest BCUT2D eigenvalue weighted by Crippen LogP contribution is 2.21. The van der Waals surface area contributed by atoms with E-state index in [1.54, 1.807) is 10.9 Å². The zero-order valence-electron chi connectivity index (χ0n) is 12.4. The van der Waals surface area contributed by atoms with Gasteiger partial charge in [0.15, 0.2) is 5.75 Å². The molecule has 0 amide bonds. The maximum absolute atomic E-state index is 12.2. The molecule has 2 heterocycles. The van der Waals surface area contributed by atoms with Gasteiger partial charge in [0.2, 0.25) is 5.69 Å². The Bertz CT molecular complexity index is 633. The number of benzene rings is 1. The van der Waals surface area contributed by atoms with Crippen molar-refractivity contribution in [3.05, 3.63) is 42.2 Å².